The van der Waals surface area contributed by atoms with Gasteiger partial charge >= 0.3 is 0 Å². The zero-order valence-electron chi connectivity index (χ0n) is 10.1. The van der Waals surface area contributed by atoms with Crippen LogP contribution >= 0.6 is 0 Å². The maximum absolute atomic E-state index is 11.7. The fourth-order valence-electron chi connectivity index (χ4n) is 1.55. The number of nitrogens with one attached hydrogen (secondary N) is 2. The first-order valence-electron chi connectivity index (χ1n) is 6.01. The molecule has 0 heterocycles. The van der Waals surface area contributed by atoms with Crippen molar-refractivity contribution in [1.29, 1.82) is 0 Å². The highest BCUT2D eigenvalue weighted by atomic mass is 16.1. The van der Waals surface area contributed by atoms with Crippen molar-refractivity contribution in [3.05, 3.63) is 41.5 Å². The minimum Gasteiger partial charge on any atom is -0.349 e. The standard InChI is InChI=1S/C14H18N2O/c1-15-10-2-3-11-4-6-12(7-5-11)14(17)16-13-8-9-13/h2-7,13,15H,8-10H2,1H3,(H,16,17). The topological polar surface area (TPSA) is 41.1 Å². The summed E-state index contributed by atoms with van der Waals surface area (Å²) in [5.41, 5.74) is 1.85. The summed E-state index contributed by atoms with van der Waals surface area (Å²) in [7, 11) is 1.91. The Bertz CT molecular complexity index is 405. The molecular weight excluding hydrogens is 212 g/mol. The van der Waals surface area contributed by atoms with E-state index in [1.807, 2.05) is 37.4 Å². The van der Waals surface area contributed by atoms with Crippen LogP contribution in [-0.2, 0) is 0 Å². The van der Waals surface area contributed by atoms with E-state index in [0.29, 0.717) is 6.04 Å². The highest BCUT2D eigenvalue weighted by molar-refractivity contribution is 5.94. The van der Waals surface area contributed by atoms with Crippen LogP contribution < -0.4 is 10.6 Å². The van der Waals surface area contributed by atoms with Crippen LogP contribution in [0.4, 0.5) is 0 Å². The van der Waals surface area contributed by atoms with E-state index in [2.05, 4.69) is 16.7 Å². The molecule has 90 valence electrons. The lowest BCUT2D eigenvalue weighted by Gasteiger charge is -2.03. The van der Waals surface area contributed by atoms with Crippen molar-refractivity contribution in [2.24, 2.45) is 0 Å². The van der Waals surface area contributed by atoms with E-state index in [-0.39, 0.29) is 5.91 Å². The van der Waals surface area contributed by atoms with Crippen molar-refractivity contribution in [1.82, 2.24) is 10.6 Å². The quantitative estimate of drug-likeness (QED) is 0.810. The maximum atomic E-state index is 11.7. The average molecular weight is 230 g/mol. The minimum atomic E-state index is 0.0401. The Labute approximate surface area is 102 Å². The zero-order valence-corrected chi connectivity index (χ0v) is 10.1. The van der Waals surface area contributed by atoms with E-state index in [0.717, 1.165) is 30.5 Å². The van der Waals surface area contributed by atoms with Crippen molar-refractivity contribution >= 4 is 12.0 Å². The molecule has 0 saturated heterocycles. The Morgan fingerprint density at radius 3 is 2.65 bits per heavy atom. The van der Waals surface area contributed by atoms with Gasteiger partial charge < -0.3 is 10.6 Å². The lowest BCUT2D eigenvalue weighted by atomic mass is 10.1. The summed E-state index contributed by atoms with van der Waals surface area (Å²) >= 11 is 0. The Hall–Kier alpha value is -1.61. The summed E-state index contributed by atoms with van der Waals surface area (Å²) in [6.45, 7) is 0.851. The molecular formula is C14H18N2O. The third kappa shape index (κ3) is 3.71. The number of amides is 1. The molecule has 0 aromatic heterocycles. The number of likely N-dealkylation sites (N-methyl/N-ethyl adjacent to an activating group) is 1. The molecule has 17 heavy (non-hydrogen) atoms. The number of hydrogen-bond acceptors (Lipinski definition) is 2. The van der Waals surface area contributed by atoms with Crippen LogP contribution in [0.25, 0.3) is 6.08 Å². The van der Waals surface area contributed by atoms with Gasteiger partial charge in [-0.3, -0.25) is 4.79 Å². The molecule has 1 aromatic carbocycles. The molecule has 2 rings (SSSR count). The normalized spacial score (nSPS) is 15.1. The summed E-state index contributed by atoms with van der Waals surface area (Å²) in [6, 6.07) is 8.09. The molecule has 0 unspecified atom stereocenters. The van der Waals surface area contributed by atoms with Gasteiger partial charge in [-0.2, -0.15) is 0 Å². The van der Waals surface area contributed by atoms with E-state index in [9.17, 15) is 4.79 Å². The van der Waals surface area contributed by atoms with Gasteiger partial charge in [-0.05, 0) is 37.6 Å². The summed E-state index contributed by atoms with van der Waals surface area (Å²) in [5, 5.41) is 6.02. The summed E-state index contributed by atoms with van der Waals surface area (Å²) in [5.74, 6) is 0.0401. The number of benzene rings is 1. The lowest BCUT2D eigenvalue weighted by Crippen LogP contribution is -2.25. The Morgan fingerprint density at radius 1 is 1.35 bits per heavy atom. The molecule has 0 atom stereocenters. The molecule has 0 bridgehead atoms. The molecule has 1 fully saturated rings. The highest BCUT2D eigenvalue weighted by Gasteiger charge is 2.23. The predicted molar refractivity (Wildman–Crippen MR) is 69.9 cm³/mol. The molecule has 0 aliphatic heterocycles. The van der Waals surface area contributed by atoms with Crippen LogP contribution in [0, 0.1) is 0 Å². The molecule has 3 heteroatoms. The molecule has 1 aliphatic carbocycles. The van der Waals surface area contributed by atoms with Gasteiger partial charge in [-0.25, -0.2) is 0 Å². The van der Waals surface area contributed by atoms with Gasteiger partial charge in [0.2, 0.25) is 0 Å². The van der Waals surface area contributed by atoms with Crippen molar-refractivity contribution in [3.8, 4) is 0 Å². The Balaban J connectivity index is 1.94. The van der Waals surface area contributed by atoms with Gasteiger partial charge in [0, 0.05) is 18.2 Å². The van der Waals surface area contributed by atoms with E-state index in [4.69, 9.17) is 0 Å². The second kappa shape index (κ2) is 5.64. The van der Waals surface area contributed by atoms with Crippen molar-refractivity contribution in [2.75, 3.05) is 13.6 Å². The van der Waals surface area contributed by atoms with Crippen LogP contribution in [0.2, 0.25) is 0 Å². The van der Waals surface area contributed by atoms with Gasteiger partial charge in [-0.15, -0.1) is 0 Å². The molecule has 1 aliphatic rings. The first-order valence-corrected chi connectivity index (χ1v) is 6.01. The third-order valence-electron chi connectivity index (χ3n) is 2.72. The fraction of sp³-hybridized carbons (Fsp3) is 0.357. The van der Waals surface area contributed by atoms with Crippen molar-refractivity contribution in [2.45, 2.75) is 18.9 Å². The maximum Gasteiger partial charge on any atom is 0.251 e. The van der Waals surface area contributed by atoms with E-state index in [1.165, 1.54) is 0 Å². The summed E-state index contributed by atoms with van der Waals surface area (Å²) < 4.78 is 0. The minimum absolute atomic E-state index is 0.0401. The van der Waals surface area contributed by atoms with E-state index >= 15 is 0 Å². The first-order chi connectivity index (χ1) is 8.29. The summed E-state index contributed by atoms with van der Waals surface area (Å²) in [6.07, 6.45) is 6.34. The molecule has 0 radical (unpaired) electrons. The van der Waals surface area contributed by atoms with Crippen molar-refractivity contribution < 1.29 is 4.79 Å². The van der Waals surface area contributed by atoms with Crippen LogP contribution in [-0.4, -0.2) is 25.5 Å². The Kier molecular flexibility index (Phi) is 3.94. The number of rotatable bonds is 5. The van der Waals surface area contributed by atoms with Crippen LogP contribution in [0.3, 0.4) is 0 Å². The molecule has 2 N–H and O–H groups in total. The lowest BCUT2D eigenvalue weighted by molar-refractivity contribution is 0.0951. The van der Waals surface area contributed by atoms with Gasteiger partial charge in [-0.1, -0.05) is 24.3 Å². The molecule has 1 aromatic rings. The molecule has 0 spiro atoms. The third-order valence-corrected chi connectivity index (χ3v) is 2.72. The molecule has 3 nitrogen and oxygen atoms in total. The second-order valence-electron chi connectivity index (χ2n) is 4.33. The number of hydrogen-bond donors (Lipinski definition) is 2. The monoisotopic (exact) mass is 230 g/mol. The Morgan fingerprint density at radius 2 is 2.06 bits per heavy atom. The van der Waals surface area contributed by atoms with Gasteiger partial charge in [0.25, 0.3) is 5.91 Å². The average Bonchev–Trinajstić information content (AvgIpc) is 3.14. The zero-order chi connectivity index (χ0) is 12.1. The predicted octanol–water partition coefficient (Wildman–Crippen LogP) is 1.81. The SMILES string of the molecule is CNCC=Cc1ccc(C(=O)NC2CC2)cc1. The molecule has 1 amide bonds. The first kappa shape index (κ1) is 11.9. The van der Waals surface area contributed by atoms with Crippen LogP contribution in [0.1, 0.15) is 28.8 Å². The number of carbonyl (C=O) groups is 1. The second-order valence-corrected chi connectivity index (χ2v) is 4.33. The van der Waals surface area contributed by atoms with E-state index in [1.54, 1.807) is 0 Å². The largest absolute Gasteiger partial charge is 0.349 e. The highest BCUT2D eigenvalue weighted by Crippen LogP contribution is 2.19. The van der Waals surface area contributed by atoms with Gasteiger partial charge in [0.1, 0.15) is 0 Å². The smallest absolute Gasteiger partial charge is 0.251 e. The summed E-state index contributed by atoms with van der Waals surface area (Å²) in [4.78, 5) is 11.7. The van der Waals surface area contributed by atoms with Gasteiger partial charge in [0.15, 0.2) is 0 Å². The number of carbonyl (C=O) groups excluding carboxylic acids is 1. The fourth-order valence-corrected chi connectivity index (χ4v) is 1.55. The van der Waals surface area contributed by atoms with Crippen molar-refractivity contribution in [3.63, 3.8) is 0 Å². The van der Waals surface area contributed by atoms with Crippen LogP contribution in [0.15, 0.2) is 30.3 Å². The van der Waals surface area contributed by atoms with E-state index < -0.39 is 0 Å². The van der Waals surface area contributed by atoms with Gasteiger partial charge in [0.05, 0.1) is 0 Å². The van der Waals surface area contributed by atoms with Crippen LogP contribution in [0.5, 0.6) is 0 Å². The molecule has 1 saturated carbocycles.